The van der Waals surface area contributed by atoms with Gasteiger partial charge in [0.2, 0.25) is 17.7 Å². The topological polar surface area (TPSA) is 151 Å². The van der Waals surface area contributed by atoms with E-state index in [-0.39, 0.29) is 25.3 Å². The summed E-state index contributed by atoms with van der Waals surface area (Å²) in [4.78, 5) is 65.6. The van der Waals surface area contributed by atoms with Gasteiger partial charge in [0.1, 0.15) is 12.1 Å². The first-order valence-corrected chi connectivity index (χ1v) is 11.7. The van der Waals surface area contributed by atoms with Crippen LogP contribution in [0.15, 0.2) is 24.3 Å². The minimum Gasteiger partial charge on any atom is -0.368 e. The van der Waals surface area contributed by atoms with Gasteiger partial charge in [0.05, 0.1) is 5.41 Å². The van der Waals surface area contributed by atoms with E-state index in [1.165, 1.54) is 4.90 Å². The van der Waals surface area contributed by atoms with Crippen LogP contribution in [0.1, 0.15) is 59.9 Å². The number of rotatable bonds is 4. The maximum atomic E-state index is 13.8. The first kappa shape index (κ1) is 26.2. The molecule has 0 radical (unpaired) electrons. The van der Waals surface area contributed by atoms with Crippen LogP contribution in [0.25, 0.3) is 0 Å². The van der Waals surface area contributed by atoms with Gasteiger partial charge < -0.3 is 26.6 Å². The number of primary amides is 1. The SMILES string of the molecule is CC(C)(C)C[C@H](NC(=O)C(=O)NC(C)(C)C)C(=O)N1C[C@]2(C[C@H]1C(N)=O)C(=O)Nc1ccccc12. The molecule has 1 spiro atoms. The van der Waals surface area contributed by atoms with Gasteiger partial charge in [0, 0.05) is 17.8 Å². The summed E-state index contributed by atoms with van der Waals surface area (Å²) in [6.45, 7) is 10.8. The smallest absolute Gasteiger partial charge is 0.309 e. The molecular weight excluding hydrogens is 450 g/mol. The van der Waals surface area contributed by atoms with Crippen LogP contribution in [0.5, 0.6) is 0 Å². The molecule has 1 aromatic carbocycles. The first-order valence-electron chi connectivity index (χ1n) is 11.7. The van der Waals surface area contributed by atoms with Gasteiger partial charge in [-0.2, -0.15) is 0 Å². The van der Waals surface area contributed by atoms with Gasteiger partial charge in [-0.25, -0.2) is 0 Å². The van der Waals surface area contributed by atoms with Crippen molar-refractivity contribution in [3.05, 3.63) is 29.8 Å². The van der Waals surface area contributed by atoms with E-state index in [4.69, 9.17) is 5.73 Å². The Labute approximate surface area is 205 Å². The number of carbonyl (C=O) groups is 5. The maximum absolute atomic E-state index is 13.8. The van der Waals surface area contributed by atoms with Crippen molar-refractivity contribution in [2.75, 3.05) is 11.9 Å². The molecule has 3 rings (SSSR count). The van der Waals surface area contributed by atoms with E-state index >= 15 is 0 Å². The number of anilines is 1. The Kier molecular flexibility index (Phi) is 6.71. The van der Waals surface area contributed by atoms with Crippen molar-refractivity contribution in [3.63, 3.8) is 0 Å². The lowest BCUT2D eigenvalue weighted by Gasteiger charge is -2.32. The summed E-state index contributed by atoms with van der Waals surface area (Å²) in [7, 11) is 0. The molecule has 0 bridgehead atoms. The molecule has 2 aliphatic heterocycles. The molecule has 2 aliphatic rings. The Balaban J connectivity index is 1.92. The predicted molar refractivity (Wildman–Crippen MR) is 130 cm³/mol. The quantitative estimate of drug-likeness (QED) is 0.465. The van der Waals surface area contributed by atoms with Gasteiger partial charge in [0.25, 0.3) is 0 Å². The third-order valence-corrected chi connectivity index (χ3v) is 6.21. The number of amides is 5. The Morgan fingerprint density at radius 1 is 1.11 bits per heavy atom. The number of benzene rings is 1. The van der Waals surface area contributed by atoms with Gasteiger partial charge in [0.15, 0.2) is 0 Å². The minimum absolute atomic E-state index is 0.0393. The molecule has 10 heteroatoms. The molecular formula is C25H35N5O5. The minimum atomic E-state index is -1.12. The molecule has 0 saturated carbocycles. The molecule has 3 atom stereocenters. The van der Waals surface area contributed by atoms with Gasteiger partial charge in [-0.05, 0) is 50.7 Å². The Morgan fingerprint density at radius 3 is 2.31 bits per heavy atom. The van der Waals surface area contributed by atoms with Gasteiger partial charge >= 0.3 is 11.8 Å². The zero-order valence-electron chi connectivity index (χ0n) is 21.2. The molecule has 35 heavy (non-hydrogen) atoms. The highest BCUT2D eigenvalue weighted by Crippen LogP contribution is 2.46. The molecule has 5 amide bonds. The Morgan fingerprint density at radius 2 is 1.74 bits per heavy atom. The summed E-state index contributed by atoms with van der Waals surface area (Å²) < 4.78 is 0. The maximum Gasteiger partial charge on any atom is 0.309 e. The molecule has 1 aromatic rings. The fourth-order valence-electron chi connectivity index (χ4n) is 4.76. The molecule has 2 heterocycles. The average molecular weight is 486 g/mol. The second-order valence-electron chi connectivity index (χ2n) is 11.7. The molecule has 10 nitrogen and oxygen atoms in total. The van der Waals surface area contributed by atoms with E-state index in [0.717, 1.165) is 0 Å². The Bertz CT molecular complexity index is 1070. The number of hydrogen-bond donors (Lipinski definition) is 4. The summed E-state index contributed by atoms with van der Waals surface area (Å²) >= 11 is 0. The normalized spacial score (nSPS) is 22.4. The highest BCUT2D eigenvalue weighted by molar-refractivity contribution is 6.35. The van der Waals surface area contributed by atoms with E-state index in [2.05, 4.69) is 16.0 Å². The van der Waals surface area contributed by atoms with E-state index in [1.54, 1.807) is 45.0 Å². The highest BCUT2D eigenvalue weighted by Gasteiger charge is 2.57. The summed E-state index contributed by atoms with van der Waals surface area (Å²) in [6, 6.07) is 5.01. The zero-order chi connectivity index (χ0) is 26.3. The van der Waals surface area contributed by atoms with Crippen molar-refractivity contribution in [2.45, 2.75) is 77.4 Å². The summed E-state index contributed by atoms with van der Waals surface area (Å²) in [5, 5.41) is 7.96. The summed E-state index contributed by atoms with van der Waals surface area (Å²) in [5.74, 6) is -3.41. The van der Waals surface area contributed by atoms with Crippen LogP contribution in [0.4, 0.5) is 5.69 Å². The fraction of sp³-hybridized carbons (Fsp3) is 0.560. The van der Waals surface area contributed by atoms with Crippen LogP contribution in [-0.4, -0.2) is 58.6 Å². The van der Waals surface area contributed by atoms with Crippen molar-refractivity contribution < 1.29 is 24.0 Å². The molecule has 0 aliphatic carbocycles. The lowest BCUT2D eigenvalue weighted by atomic mass is 9.79. The molecule has 1 saturated heterocycles. The number of nitrogens with two attached hydrogens (primary N) is 1. The highest BCUT2D eigenvalue weighted by atomic mass is 16.2. The van der Waals surface area contributed by atoms with Crippen molar-refractivity contribution in [3.8, 4) is 0 Å². The molecule has 5 N–H and O–H groups in total. The predicted octanol–water partition coefficient (Wildman–Crippen LogP) is 0.798. The number of para-hydroxylation sites is 1. The first-order chi connectivity index (χ1) is 16.0. The fourth-order valence-corrected chi connectivity index (χ4v) is 4.76. The van der Waals surface area contributed by atoms with Gasteiger partial charge in [-0.1, -0.05) is 39.0 Å². The summed E-state index contributed by atoms with van der Waals surface area (Å²) in [6.07, 6.45) is 0.246. The van der Waals surface area contributed by atoms with Crippen LogP contribution in [0.2, 0.25) is 0 Å². The van der Waals surface area contributed by atoms with E-state index in [1.807, 2.05) is 20.8 Å². The van der Waals surface area contributed by atoms with Crippen molar-refractivity contribution in [2.24, 2.45) is 11.1 Å². The van der Waals surface area contributed by atoms with E-state index in [9.17, 15) is 24.0 Å². The number of carbonyl (C=O) groups excluding carboxylic acids is 5. The largest absolute Gasteiger partial charge is 0.368 e. The number of hydrogen-bond acceptors (Lipinski definition) is 5. The monoisotopic (exact) mass is 485 g/mol. The van der Waals surface area contributed by atoms with E-state index in [0.29, 0.717) is 11.3 Å². The second kappa shape index (κ2) is 8.98. The van der Waals surface area contributed by atoms with Crippen LogP contribution in [0.3, 0.4) is 0 Å². The van der Waals surface area contributed by atoms with Gasteiger partial charge in [-0.3, -0.25) is 24.0 Å². The number of nitrogens with one attached hydrogen (secondary N) is 3. The van der Waals surface area contributed by atoms with Crippen LogP contribution >= 0.6 is 0 Å². The van der Waals surface area contributed by atoms with Crippen molar-refractivity contribution in [1.29, 1.82) is 0 Å². The van der Waals surface area contributed by atoms with Crippen LogP contribution < -0.4 is 21.7 Å². The average Bonchev–Trinajstić information content (AvgIpc) is 3.24. The third-order valence-electron chi connectivity index (χ3n) is 6.21. The molecule has 190 valence electrons. The van der Waals surface area contributed by atoms with Crippen molar-refractivity contribution >= 4 is 35.2 Å². The summed E-state index contributed by atoms with van der Waals surface area (Å²) in [5.41, 5.74) is 4.85. The Hall–Kier alpha value is -3.43. The number of likely N-dealkylation sites (tertiary alicyclic amines) is 1. The lowest BCUT2D eigenvalue weighted by Crippen LogP contribution is -2.57. The zero-order valence-corrected chi connectivity index (χ0v) is 21.2. The number of nitrogens with zero attached hydrogens (tertiary/aromatic N) is 1. The standard InChI is InChI=1S/C25H35N5O5/c1-23(2,3)11-16(27-19(32)20(33)29-24(4,5)6)21(34)30-13-25(12-17(30)18(26)31)14-9-7-8-10-15(14)28-22(25)35/h7-10,16-17H,11-13H2,1-6H3,(H2,26,31)(H,27,32)(H,28,35)(H,29,33)/t16-,17-,25-/m0/s1. The van der Waals surface area contributed by atoms with Gasteiger partial charge in [-0.15, -0.1) is 0 Å². The molecule has 1 fully saturated rings. The van der Waals surface area contributed by atoms with Crippen LogP contribution in [-0.2, 0) is 29.4 Å². The van der Waals surface area contributed by atoms with Crippen molar-refractivity contribution in [1.82, 2.24) is 15.5 Å². The number of fused-ring (bicyclic) bond motifs is 2. The lowest BCUT2D eigenvalue weighted by molar-refractivity contribution is -0.144. The second-order valence-corrected chi connectivity index (χ2v) is 11.7. The molecule has 0 unspecified atom stereocenters. The van der Waals surface area contributed by atoms with Crippen LogP contribution in [0, 0.1) is 5.41 Å². The third kappa shape index (κ3) is 5.47. The van der Waals surface area contributed by atoms with E-state index < -0.39 is 52.1 Å². The molecule has 0 aromatic heterocycles.